The van der Waals surface area contributed by atoms with Crippen molar-refractivity contribution in [1.82, 2.24) is 9.97 Å². The van der Waals surface area contributed by atoms with Crippen LogP contribution in [0.15, 0.2) is 30.6 Å². The first-order valence-corrected chi connectivity index (χ1v) is 8.20. The highest BCUT2D eigenvalue weighted by Crippen LogP contribution is 2.23. The summed E-state index contributed by atoms with van der Waals surface area (Å²) in [5.41, 5.74) is 3.20. The summed E-state index contributed by atoms with van der Waals surface area (Å²) in [5.74, 6) is 0.114. The van der Waals surface area contributed by atoms with Gasteiger partial charge < -0.3 is 15.0 Å². The molecule has 2 aromatic rings. The largest absolute Gasteiger partial charge is 0.478 e. The number of aryl methyl sites for hydroxylation is 1. The number of carbonyl (C=O) groups excluding carboxylic acids is 1. The van der Waals surface area contributed by atoms with Crippen molar-refractivity contribution in [2.24, 2.45) is 0 Å². The van der Waals surface area contributed by atoms with Gasteiger partial charge in [-0.3, -0.25) is 4.79 Å². The lowest BCUT2D eigenvalue weighted by Crippen LogP contribution is -2.22. The van der Waals surface area contributed by atoms with Gasteiger partial charge >= 0.3 is 0 Å². The molecule has 1 heterocycles. The van der Waals surface area contributed by atoms with Crippen molar-refractivity contribution in [1.29, 1.82) is 0 Å². The third-order valence-electron chi connectivity index (χ3n) is 3.75. The van der Waals surface area contributed by atoms with E-state index in [0.29, 0.717) is 12.5 Å². The minimum absolute atomic E-state index is 0.278. The van der Waals surface area contributed by atoms with Gasteiger partial charge in [0.25, 0.3) is 5.91 Å². The Bertz CT molecular complexity index is 699. The second-order valence-corrected chi connectivity index (χ2v) is 5.30. The second-order valence-electron chi connectivity index (χ2n) is 5.30. The number of aromatic nitrogens is 2. The number of nitrogens with one attached hydrogen (secondary N) is 1. The van der Waals surface area contributed by atoms with E-state index < -0.39 is 0 Å². The highest BCUT2D eigenvalue weighted by Gasteiger charge is 2.12. The molecule has 0 saturated heterocycles. The first-order valence-electron chi connectivity index (χ1n) is 8.20. The van der Waals surface area contributed by atoms with Crippen molar-refractivity contribution in [3.05, 3.63) is 41.9 Å². The first kappa shape index (κ1) is 17.7. The Morgan fingerprint density at radius 3 is 2.54 bits per heavy atom. The Morgan fingerprint density at radius 1 is 1.17 bits per heavy atom. The van der Waals surface area contributed by atoms with Crippen molar-refractivity contribution in [3.8, 4) is 5.88 Å². The maximum atomic E-state index is 12.4. The maximum Gasteiger partial charge on any atom is 0.274 e. The summed E-state index contributed by atoms with van der Waals surface area (Å²) in [4.78, 5) is 22.6. The van der Waals surface area contributed by atoms with Crippen LogP contribution in [0.4, 0.5) is 11.4 Å². The van der Waals surface area contributed by atoms with Crippen molar-refractivity contribution < 1.29 is 9.53 Å². The lowest BCUT2D eigenvalue weighted by atomic mass is 10.1. The number of benzene rings is 1. The van der Waals surface area contributed by atoms with Gasteiger partial charge in [0, 0.05) is 30.5 Å². The van der Waals surface area contributed by atoms with E-state index in [1.54, 1.807) is 6.07 Å². The fraction of sp³-hybridized carbons (Fsp3) is 0.389. The molecule has 0 aliphatic heterocycles. The van der Waals surface area contributed by atoms with E-state index in [1.807, 2.05) is 26.0 Å². The van der Waals surface area contributed by atoms with Crippen molar-refractivity contribution >= 4 is 17.3 Å². The van der Waals surface area contributed by atoms with Crippen LogP contribution in [0.5, 0.6) is 5.88 Å². The van der Waals surface area contributed by atoms with Gasteiger partial charge in [-0.1, -0.05) is 0 Å². The van der Waals surface area contributed by atoms with Crippen LogP contribution >= 0.6 is 0 Å². The molecule has 0 fully saturated rings. The molecule has 1 aromatic heterocycles. The number of nitrogens with zero attached hydrogens (tertiary/aromatic N) is 3. The fourth-order valence-electron chi connectivity index (χ4n) is 2.45. The molecular weight excluding hydrogens is 304 g/mol. The highest BCUT2D eigenvalue weighted by atomic mass is 16.5. The molecule has 1 amide bonds. The normalized spacial score (nSPS) is 10.3. The number of rotatable bonds is 7. The Kier molecular flexibility index (Phi) is 6.12. The standard InChI is InChI=1S/C18H24N4O2/c1-5-22(6-2)14-8-9-15(13(4)10-14)21-18(23)16-11-17(24-7-3)20-12-19-16/h8-12H,5-7H2,1-4H3,(H,21,23). The smallest absolute Gasteiger partial charge is 0.274 e. The van der Waals surface area contributed by atoms with Gasteiger partial charge in [0.2, 0.25) is 5.88 Å². The Balaban J connectivity index is 2.15. The van der Waals surface area contributed by atoms with Gasteiger partial charge in [0.05, 0.1) is 6.61 Å². The lowest BCUT2D eigenvalue weighted by molar-refractivity contribution is 0.102. The van der Waals surface area contributed by atoms with Gasteiger partial charge in [-0.25, -0.2) is 9.97 Å². The fourth-order valence-corrected chi connectivity index (χ4v) is 2.45. The summed E-state index contributed by atoms with van der Waals surface area (Å²) in [6.45, 7) is 10.5. The molecule has 0 aliphatic rings. The van der Waals surface area contributed by atoms with Gasteiger partial charge in [0.15, 0.2) is 0 Å². The first-order chi connectivity index (χ1) is 11.6. The number of hydrogen-bond donors (Lipinski definition) is 1. The SMILES string of the molecule is CCOc1cc(C(=O)Nc2ccc(N(CC)CC)cc2C)ncn1. The third kappa shape index (κ3) is 4.22. The molecule has 0 unspecified atom stereocenters. The van der Waals surface area contributed by atoms with Crippen LogP contribution in [0.3, 0.4) is 0 Å². The summed E-state index contributed by atoms with van der Waals surface area (Å²) in [7, 11) is 0. The topological polar surface area (TPSA) is 67.3 Å². The van der Waals surface area contributed by atoms with Gasteiger partial charge in [-0.05, 0) is 51.5 Å². The number of carbonyl (C=O) groups is 1. The molecule has 6 heteroatoms. The summed E-state index contributed by atoms with van der Waals surface area (Å²) < 4.78 is 5.30. The van der Waals surface area contributed by atoms with Crippen LogP contribution in [0, 0.1) is 6.92 Å². The molecule has 1 N–H and O–H groups in total. The molecule has 0 saturated carbocycles. The van der Waals surface area contributed by atoms with Crippen LogP contribution in [0.2, 0.25) is 0 Å². The molecular formula is C18H24N4O2. The zero-order valence-corrected chi connectivity index (χ0v) is 14.7. The van der Waals surface area contributed by atoms with E-state index in [0.717, 1.165) is 30.0 Å². The predicted octanol–water partition coefficient (Wildman–Crippen LogP) is 3.28. The minimum Gasteiger partial charge on any atom is -0.478 e. The number of anilines is 2. The molecule has 24 heavy (non-hydrogen) atoms. The molecule has 1 aromatic carbocycles. The zero-order chi connectivity index (χ0) is 17.5. The average molecular weight is 328 g/mol. The molecule has 6 nitrogen and oxygen atoms in total. The molecule has 0 aliphatic carbocycles. The Labute approximate surface area is 142 Å². The predicted molar refractivity (Wildman–Crippen MR) is 95.9 cm³/mol. The average Bonchev–Trinajstić information content (AvgIpc) is 2.59. The summed E-state index contributed by atoms with van der Waals surface area (Å²) in [6, 6.07) is 7.55. The van der Waals surface area contributed by atoms with E-state index in [-0.39, 0.29) is 11.6 Å². The number of hydrogen-bond acceptors (Lipinski definition) is 5. The van der Waals surface area contributed by atoms with Gasteiger partial charge in [-0.15, -0.1) is 0 Å². The van der Waals surface area contributed by atoms with E-state index in [1.165, 1.54) is 6.33 Å². The molecule has 0 spiro atoms. The van der Waals surface area contributed by atoms with Crippen molar-refractivity contribution in [2.45, 2.75) is 27.7 Å². The monoisotopic (exact) mass is 328 g/mol. The molecule has 0 bridgehead atoms. The second kappa shape index (κ2) is 8.29. The number of ether oxygens (including phenoxy) is 1. The minimum atomic E-state index is -0.281. The molecule has 128 valence electrons. The van der Waals surface area contributed by atoms with Gasteiger partial charge in [0.1, 0.15) is 12.0 Å². The summed E-state index contributed by atoms with van der Waals surface area (Å²) in [5, 5.41) is 2.89. The van der Waals surface area contributed by atoms with Crippen LogP contribution in [-0.2, 0) is 0 Å². The highest BCUT2D eigenvalue weighted by molar-refractivity contribution is 6.03. The molecule has 0 atom stereocenters. The third-order valence-corrected chi connectivity index (χ3v) is 3.75. The van der Waals surface area contributed by atoms with Crippen LogP contribution in [0.25, 0.3) is 0 Å². The van der Waals surface area contributed by atoms with Crippen molar-refractivity contribution in [3.63, 3.8) is 0 Å². The van der Waals surface area contributed by atoms with Gasteiger partial charge in [-0.2, -0.15) is 0 Å². The van der Waals surface area contributed by atoms with Crippen LogP contribution in [0.1, 0.15) is 36.8 Å². The zero-order valence-electron chi connectivity index (χ0n) is 14.7. The van der Waals surface area contributed by atoms with E-state index >= 15 is 0 Å². The van der Waals surface area contributed by atoms with E-state index in [2.05, 4.69) is 40.1 Å². The summed E-state index contributed by atoms with van der Waals surface area (Å²) >= 11 is 0. The lowest BCUT2D eigenvalue weighted by Gasteiger charge is -2.22. The Morgan fingerprint density at radius 2 is 1.92 bits per heavy atom. The Hall–Kier alpha value is -2.63. The quantitative estimate of drug-likeness (QED) is 0.845. The van der Waals surface area contributed by atoms with E-state index in [9.17, 15) is 4.79 Å². The van der Waals surface area contributed by atoms with E-state index in [4.69, 9.17) is 4.74 Å². The number of amides is 1. The van der Waals surface area contributed by atoms with Crippen LogP contribution in [-0.4, -0.2) is 35.6 Å². The van der Waals surface area contributed by atoms with Crippen molar-refractivity contribution in [2.75, 3.05) is 29.9 Å². The maximum absolute atomic E-state index is 12.4. The molecule has 2 rings (SSSR count). The molecule has 0 radical (unpaired) electrons. The summed E-state index contributed by atoms with van der Waals surface area (Å²) in [6.07, 6.45) is 1.33. The van der Waals surface area contributed by atoms with Crippen LogP contribution < -0.4 is 15.0 Å².